The van der Waals surface area contributed by atoms with Gasteiger partial charge in [-0.3, -0.25) is 4.79 Å². The van der Waals surface area contributed by atoms with Crippen LogP contribution in [0.4, 0.5) is 17.2 Å². The molecule has 1 fully saturated rings. The number of anilines is 3. The molecule has 1 amide bonds. The maximum Gasteiger partial charge on any atom is 0.270 e. The molecule has 28 heavy (non-hydrogen) atoms. The van der Waals surface area contributed by atoms with Gasteiger partial charge in [0.05, 0.1) is 0 Å². The Morgan fingerprint density at radius 1 is 1.11 bits per heavy atom. The van der Waals surface area contributed by atoms with E-state index in [9.17, 15) is 4.79 Å². The summed E-state index contributed by atoms with van der Waals surface area (Å²) in [5.74, 6) is 1.80. The molecule has 0 bridgehead atoms. The minimum absolute atomic E-state index is 0.198. The number of nitrogens with one attached hydrogen (secondary N) is 2. The molecule has 0 radical (unpaired) electrons. The van der Waals surface area contributed by atoms with Crippen LogP contribution in [0.3, 0.4) is 0 Å². The fraction of sp³-hybridized carbons (Fsp3) is 0.500. The molecule has 6 nitrogen and oxygen atoms in total. The fourth-order valence-corrected chi connectivity index (χ4v) is 3.32. The van der Waals surface area contributed by atoms with E-state index in [2.05, 4.69) is 56.7 Å². The van der Waals surface area contributed by atoms with Crippen LogP contribution < -0.4 is 15.5 Å². The Hall–Kier alpha value is -2.63. The van der Waals surface area contributed by atoms with Crippen molar-refractivity contribution in [3.05, 3.63) is 41.9 Å². The van der Waals surface area contributed by atoms with E-state index in [-0.39, 0.29) is 11.4 Å². The number of rotatable bonds is 4. The summed E-state index contributed by atoms with van der Waals surface area (Å²) in [6.07, 6.45) is 2.50. The molecule has 2 N–H and O–H groups in total. The summed E-state index contributed by atoms with van der Waals surface area (Å²) in [7, 11) is 0. The van der Waals surface area contributed by atoms with E-state index in [0.717, 1.165) is 24.7 Å². The minimum Gasteiger partial charge on any atom is -0.372 e. The monoisotopic (exact) mass is 381 g/mol. The molecule has 0 spiro atoms. The van der Waals surface area contributed by atoms with Crippen LogP contribution in [0.2, 0.25) is 0 Å². The predicted octanol–water partition coefficient (Wildman–Crippen LogP) is 4.29. The van der Waals surface area contributed by atoms with Crippen molar-refractivity contribution in [2.45, 2.75) is 53.0 Å². The zero-order valence-corrected chi connectivity index (χ0v) is 17.5. The van der Waals surface area contributed by atoms with E-state index < -0.39 is 0 Å². The molecule has 2 aromatic rings. The predicted molar refractivity (Wildman–Crippen MR) is 114 cm³/mol. The number of aryl methyl sites for hydroxylation is 1. The van der Waals surface area contributed by atoms with E-state index in [4.69, 9.17) is 0 Å². The molecule has 1 aliphatic heterocycles. The molecule has 0 atom stereocenters. The zero-order valence-electron chi connectivity index (χ0n) is 17.5. The van der Waals surface area contributed by atoms with Gasteiger partial charge in [0.25, 0.3) is 5.91 Å². The van der Waals surface area contributed by atoms with Crippen LogP contribution in [0.15, 0.2) is 30.3 Å². The third-order valence-electron chi connectivity index (χ3n) is 4.85. The van der Waals surface area contributed by atoms with Crippen molar-refractivity contribution >= 4 is 23.1 Å². The summed E-state index contributed by atoms with van der Waals surface area (Å²) < 4.78 is 0. The second-order valence-corrected chi connectivity index (χ2v) is 8.73. The standard InChI is InChI=1S/C22H31N5O/c1-15-10-12-27(13-11-15)18-8-6-17(7-9-18)25-20-14-19(23-16(2)24-20)21(28)26-22(3,4)5/h6-9,14-15H,10-13H2,1-5H3,(H,26,28)(H,23,24,25). The third kappa shape index (κ3) is 5.44. The van der Waals surface area contributed by atoms with Crippen molar-refractivity contribution in [2.75, 3.05) is 23.3 Å². The second kappa shape index (κ2) is 8.17. The molecule has 0 unspecified atom stereocenters. The van der Waals surface area contributed by atoms with E-state index in [1.54, 1.807) is 13.0 Å². The molecule has 6 heteroatoms. The summed E-state index contributed by atoms with van der Waals surface area (Å²) in [5, 5.41) is 6.23. The molecule has 1 aromatic carbocycles. The molecule has 1 aromatic heterocycles. The number of carbonyl (C=O) groups is 1. The van der Waals surface area contributed by atoms with Crippen molar-refractivity contribution in [3.63, 3.8) is 0 Å². The van der Waals surface area contributed by atoms with Crippen molar-refractivity contribution in [1.29, 1.82) is 0 Å². The average molecular weight is 382 g/mol. The normalized spacial score (nSPS) is 15.4. The van der Waals surface area contributed by atoms with Gasteiger partial charge in [0.2, 0.25) is 0 Å². The Labute approximate surface area is 167 Å². The van der Waals surface area contributed by atoms with Gasteiger partial charge in [-0.05, 0) is 70.7 Å². The van der Waals surface area contributed by atoms with Crippen LogP contribution in [-0.4, -0.2) is 34.5 Å². The number of amides is 1. The van der Waals surface area contributed by atoms with Gasteiger partial charge >= 0.3 is 0 Å². The Kier molecular flexibility index (Phi) is 5.87. The Balaban J connectivity index is 1.70. The number of aromatic nitrogens is 2. The van der Waals surface area contributed by atoms with Gasteiger partial charge in [0, 0.05) is 36.1 Å². The Morgan fingerprint density at radius 3 is 2.36 bits per heavy atom. The highest BCUT2D eigenvalue weighted by Crippen LogP contribution is 2.25. The van der Waals surface area contributed by atoms with Crippen LogP contribution in [0, 0.1) is 12.8 Å². The summed E-state index contributed by atoms with van der Waals surface area (Å²) >= 11 is 0. The largest absolute Gasteiger partial charge is 0.372 e. The smallest absolute Gasteiger partial charge is 0.270 e. The summed E-state index contributed by atoms with van der Waals surface area (Å²) in [4.78, 5) is 23.6. The average Bonchev–Trinajstić information content (AvgIpc) is 2.61. The van der Waals surface area contributed by atoms with E-state index in [0.29, 0.717) is 17.3 Å². The minimum atomic E-state index is -0.314. The van der Waals surface area contributed by atoms with Crippen LogP contribution in [0.1, 0.15) is 56.8 Å². The first-order valence-electron chi connectivity index (χ1n) is 10.00. The van der Waals surface area contributed by atoms with E-state index >= 15 is 0 Å². The lowest BCUT2D eigenvalue weighted by Crippen LogP contribution is -2.41. The quantitative estimate of drug-likeness (QED) is 0.827. The van der Waals surface area contributed by atoms with Crippen LogP contribution in [-0.2, 0) is 0 Å². The highest BCUT2D eigenvalue weighted by molar-refractivity contribution is 5.93. The number of carbonyl (C=O) groups excluding carboxylic acids is 1. The lowest BCUT2D eigenvalue weighted by molar-refractivity contribution is 0.0914. The summed E-state index contributed by atoms with van der Waals surface area (Å²) in [6, 6.07) is 10.1. The molecule has 1 saturated heterocycles. The van der Waals surface area contributed by atoms with Crippen molar-refractivity contribution in [1.82, 2.24) is 15.3 Å². The number of hydrogen-bond acceptors (Lipinski definition) is 5. The number of hydrogen-bond donors (Lipinski definition) is 2. The molecular formula is C22H31N5O. The molecular weight excluding hydrogens is 350 g/mol. The van der Waals surface area contributed by atoms with Gasteiger partial charge in [-0.15, -0.1) is 0 Å². The molecule has 2 heterocycles. The van der Waals surface area contributed by atoms with Gasteiger partial charge in [-0.1, -0.05) is 6.92 Å². The van der Waals surface area contributed by atoms with Gasteiger partial charge < -0.3 is 15.5 Å². The Morgan fingerprint density at radius 2 is 1.75 bits per heavy atom. The van der Waals surface area contributed by atoms with E-state index in [1.165, 1.54) is 18.5 Å². The zero-order chi connectivity index (χ0) is 20.3. The highest BCUT2D eigenvalue weighted by atomic mass is 16.2. The summed E-state index contributed by atoms with van der Waals surface area (Å²) in [5.41, 5.74) is 2.24. The molecule has 0 saturated carbocycles. The summed E-state index contributed by atoms with van der Waals surface area (Å²) in [6.45, 7) is 12.2. The molecule has 0 aliphatic carbocycles. The number of nitrogens with zero attached hydrogens (tertiary/aromatic N) is 3. The fourth-order valence-electron chi connectivity index (χ4n) is 3.32. The lowest BCUT2D eigenvalue weighted by Gasteiger charge is -2.32. The first-order chi connectivity index (χ1) is 13.2. The molecule has 3 rings (SSSR count). The van der Waals surface area contributed by atoms with Crippen LogP contribution >= 0.6 is 0 Å². The third-order valence-corrected chi connectivity index (χ3v) is 4.85. The first-order valence-corrected chi connectivity index (χ1v) is 10.00. The molecule has 150 valence electrons. The van der Waals surface area contributed by atoms with Crippen molar-refractivity contribution < 1.29 is 4.79 Å². The van der Waals surface area contributed by atoms with E-state index in [1.807, 2.05) is 20.8 Å². The first kappa shape index (κ1) is 20.1. The topological polar surface area (TPSA) is 70.2 Å². The van der Waals surface area contributed by atoms with Crippen molar-refractivity contribution in [2.24, 2.45) is 5.92 Å². The SMILES string of the molecule is Cc1nc(Nc2ccc(N3CCC(C)CC3)cc2)cc(C(=O)NC(C)(C)C)n1. The van der Waals surface area contributed by atoms with Gasteiger partial charge in [0.1, 0.15) is 17.3 Å². The maximum atomic E-state index is 12.4. The lowest BCUT2D eigenvalue weighted by atomic mass is 9.99. The van der Waals surface area contributed by atoms with Gasteiger partial charge in [0.15, 0.2) is 0 Å². The number of piperidine rings is 1. The highest BCUT2D eigenvalue weighted by Gasteiger charge is 2.18. The van der Waals surface area contributed by atoms with Crippen molar-refractivity contribution in [3.8, 4) is 0 Å². The second-order valence-electron chi connectivity index (χ2n) is 8.73. The van der Waals surface area contributed by atoms with Gasteiger partial charge in [-0.25, -0.2) is 9.97 Å². The van der Waals surface area contributed by atoms with Crippen LogP contribution in [0.5, 0.6) is 0 Å². The van der Waals surface area contributed by atoms with Gasteiger partial charge in [-0.2, -0.15) is 0 Å². The maximum absolute atomic E-state index is 12.4. The Bertz CT molecular complexity index is 818. The number of benzene rings is 1. The molecule has 1 aliphatic rings. The van der Waals surface area contributed by atoms with Crippen LogP contribution in [0.25, 0.3) is 0 Å².